The molecule has 1 aliphatic rings. The third-order valence-corrected chi connectivity index (χ3v) is 2.55. The summed E-state index contributed by atoms with van der Waals surface area (Å²) < 4.78 is 1.86. The summed E-state index contributed by atoms with van der Waals surface area (Å²) in [4.78, 5) is 11.7. The summed E-state index contributed by atoms with van der Waals surface area (Å²) in [7, 11) is 1.87. The maximum absolute atomic E-state index is 11.7. The smallest absolute Gasteiger partial charge is 0.262 e. The Balaban J connectivity index is 2.15. The number of nitrogens with zero attached hydrogens (tertiary/aromatic N) is 2. The van der Waals surface area contributed by atoms with Crippen molar-refractivity contribution in [2.45, 2.75) is 18.9 Å². The molecule has 0 radical (unpaired) electrons. The third-order valence-electron chi connectivity index (χ3n) is 2.55. The van der Waals surface area contributed by atoms with E-state index in [2.05, 4.69) is 5.32 Å². The monoisotopic (exact) mass is 215 g/mol. The number of amides is 1. The second-order valence-corrected chi connectivity index (χ2v) is 3.96. The normalized spacial score (nSPS) is 15.6. The molecular weight excluding hydrogens is 202 g/mol. The summed E-state index contributed by atoms with van der Waals surface area (Å²) in [6, 6.07) is 5.95. The van der Waals surface area contributed by atoms with Crippen molar-refractivity contribution in [3.63, 3.8) is 0 Å². The van der Waals surface area contributed by atoms with Gasteiger partial charge in [0, 0.05) is 25.0 Å². The van der Waals surface area contributed by atoms with E-state index in [0.29, 0.717) is 0 Å². The van der Waals surface area contributed by atoms with E-state index in [0.717, 1.165) is 18.5 Å². The van der Waals surface area contributed by atoms with Crippen molar-refractivity contribution in [1.82, 2.24) is 9.88 Å². The Morgan fingerprint density at radius 1 is 1.69 bits per heavy atom. The van der Waals surface area contributed by atoms with Gasteiger partial charge in [0.1, 0.15) is 11.6 Å². The fourth-order valence-electron chi connectivity index (χ4n) is 1.41. The number of rotatable bonds is 3. The van der Waals surface area contributed by atoms with E-state index in [4.69, 9.17) is 5.26 Å². The minimum atomic E-state index is -0.272. The van der Waals surface area contributed by atoms with Gasteiger partial charge >= 0.3 is 0 Å². The molecule has 4 heteroatoms. The van der Waals surface area contributed by atoms with Crippen LogP contribution >= 0.6 is 0 Å². The molecule has 2 rings (SSSR count). The van der Waals surface area contributed by atoms with E-state index in [-0.39, 0.29) is 17.5 Å². The Labute approximate surface area is 94.2 Å². The van der Waals surface area contributed by atoms with Crippen molar-refractivity contribution in [3.8, 4) is 6.07 Å². The topological polar surface area (TPSA) is 57.8 Å². The van der Waals surface area contributed by atoms with Gasteiger partial charge in [-0.05, 0) is 31.1 Å². The Morgan fingerprint density at radius 3 is 2.94 bits per heavy atom. The van der Waals surface area contributed by atoms with Gasteiger partial charge in [-0.2, -0.15) is 5.26 Å². The van der Waals surface area contributed by atoms with E-state index in [1.807, 2.05) is 36.0 Å². The Hall–Kier alpha value is -2.02. The Bertz CT molecular complexity index is 475. The quantitative estimate of drug-likeness (QED) is 0.608. The second-order valence-electron chi connectivity index (χ2n) is 3.96. The van der Waals surface area contributed by atoms with Gasteiger partial charge in [0.25, 0.3) is 5.91 Å². The first-order chi connectivity index (χ1) is 7.70. The Morgan fingerprint density at radius 2 is 2.44 bits per heavy atom. The summed E-state index contributed by atoms with van der Waals surface area (Å²) in [6.45, 7) is 0. The van der Waals surface area contributed by atoms with Crippen molar-refractivity contribution in [2.24, 2.45) is 7.05 Å². The summed E-state index contributed by atoms with van der Waals surface area (Å²) in [5.74, 6) is -0.272. The largest absolute Gasteiger partial charge is 0.351 e. The van der Waals surface area contributed by atoms with Crippen LogP contribution in [0.4, 0.5) is 0 Å². The van der Waals surface area contributed by atoms with Gasteiger partial charge in [0.2, 0.25) is 0 Å². The zero-order valence-electron chi connectivity index (χ0n) is 9.10. The van der Waals surface area contributed by atoms with Crippen LogP contribution in [0.15, 0.2) is 23.9 Å². The number of hydrogen-bond acceptors (Lipinski definition) is 2. The van der Waals surface area contributed by atoms with Gasteiger partial charge in [-0.1, -0.05) is 0 Å². The summed E-state index contributed by atoms with van der Waals surface area (Å²) >= 11 is 0. The number of nitrogens with one attached hydrogen (secondary N) is 1. The molecule has 1 aliphatic carbocycles. The SMILES string of the molecule is Cn1cccc1/C=C(\C#N)C(=O)NC1CC1. The lowest BCUT2D eigenvalue weighted by Crippen LogP contribution is -2.26. The molecule has 4 nitrogen and oxygen atoms in total. The first-order valence-electron chi connectivity index (χ1n) is 5.24. The highest BCUT2D eigenvalue weighted by atomic mass is 16.1. The fourth-order valence-corrected chi connectivity index (χ4v) is 1.41. The number of nitriles is 1. The molecule has 1 N–H and O–H groups in total. The van der Waals surface area contributed by atoms with Crippen LogP contribution in [-0.4, -0.2) is 16.5 Å². The van der Waals surface area contributed by atoms with Crippen LogP contribution < -0.4 is 5.32 Å². The summed E-state index contributed by atoms with van der Waals surface area (Å²) in [5.41, 5.74) is 1.01. The Kier molecular flexibility index (Phi) is 2.78. The molecule has 1 amide bonds. The average molecular weight is 215 g/mol. The molecule has 1 aromatic rings. The number of aryl methyl sites for hydroxylation is 1. The maximum Gasteiger partial charge on any atom is 0.262 e. The van der Waals surface area contributed by atoms with Crippen LogP contribution in [0.1, 0.15) is 18.5 Å². The number of hydrogen-bond donors (Lipinski definition) is 1. The van der Waals surface area contributed by atoms with Gasteiger partial charge < -0.3 is 9.88 Å². The molecule has 0 spiro atoms. The molecule has 0 unspecified atom stereocenters. The van der Waals surface area contributed by atoms with Gasteiger partial charge in [0.15, 0.2) is 0 Å². The van der Waals surface area contributed by atoms with E-state index in [1.54, 1.807) is 6.08 Å². The number of carbonyl (C=O) groups is 1. The fraction of sp³-hybridized carbons (Fsp3) is 0.333. The third kappa shape index (κ3) is 2.31. The van der Waals surface area contributed by atoms with E-state index in [9.17, 15) is 4.79 Å². The van der Waals surface area contributed by atoms with Crippen LogP contribution in [0.5, 0.6) is 0 Å². The molecular formula is C12H13N3O. The first-order valence-corrected chi connectivity index (χ1v) is 5.24. The van der Waals surface area contributed by atoms with Crippen LogP contribution in [0.2, 0.25) is 0 Å². The standard InChI is InChI=1S/C12H13N3O/c1-15-6-2-3-11(15)7-9(8-13)12(16)14-10-4-5-10/h2-3,6-7,10H,4-5H2,1H3,(H,14,16)/b9-7+. The van der Waals surface area contributed by atoms with Crippen molar-refractivity contribution in [1.29, 1.82) is 5.26 Å². The molecule has 0 atom stereocenters. The lowest BCUT2D eigenvalue weighted by molar-refractivity contribution is -0.117. The molecule has 1 saturated carbocycles. The second kappa shape index (κ2) is 4.23. The van der Waals surface area contributed by atoms with Gasteiger partial charge in [-0.25, -0.2) is 0 Å². The minimum Gasteiger partial charge on any atom is -0.351 e. The molecule has 1 fully saturated rings. The lowest BCUT2D eigenvalue weighted by atomic mass is 10.2. The molecule has 0 saturated heterocycles. The van der Waals surface area contributed by atoms with Crippen LogP contribution in [0.25, 0.3) is 6.08 Å². The van der Waals surface area contributed by atoms with Crippen LogP contribution in [-0.2, 0) is 11.8 Å². The lowest BCUT2D eigenvalue weighted by Gasteiger charge is -2.01. The van der Waals surface area contributed by atoms with Crippen LogP contribution in [0.3, 0.4) is 0 Å². The zero-order valence-corrected chi connectivity index (χ0v) is 9.10. The van der Waals surface area contributed by atoms with Gasteiger partial charge in [-0.15, -0.1) is 0 Å². The van der Waals surface area contributed by atoms with Crippen molar-refractivity contribution in [2.75, 3.05) is 0 Å². The van der Waals surface area contributed by atoms with Crippen molar-refractivity contribution < 1.29 is 4.79 Å². The van der Waals surface area contributed by atoms with E-state index < -0.39 is 0 Å². The summed E-state index contributed by atoms with van der Waals surface area (Å²) in [5, 5.41) is 11.7. The van der Waals surface area contributed by atoms with Crippen molar-refractivity contribution in [3.05, 3.63) is 29.6 Å². The number of carbonyl (C=O) groups excluding carboxylic acids is 1. The van der Waals surface area contributed by atoms with E-state index in [1.165, 1.54) is 0 Å². The van der Waals surface area contributed by atoms with Crippen LogP contribution in [0, 0.1) is 11.3 Å². The highest BCUT2D eigenvalue weighted by Gasteiger charge is 2.24. The molecule has 1 heterocycles. The highest BCUT2D eigenvalue weighted by molar-refractivity contribution is 6.01. The highest BCUT2D eigenvalue weighted by Crippen LogP contribution is 2.19. The molecule has 0 aromatic carbocycles. The first kappa shape index (κ1) is 10.5. The predicted octanol–water partition coefficient (Wildman–Crippen LogP) is 1.21. The van der Waals surface area contributed by atoms with Gasteiger partial charge in [-0.3, -0.25) is 4.79 Å². The molecule has 0 bridgehead atoms. The molecule has 16 heavy (non-hydrogen) atoms. The minimum absolute atomic E-state index is 0.161. The molecule has 82 valence electrons. The molecule has 0 aliphatic heterocycles. The van der Waals surface area contributed by atoms with Crippen molar-refractivity contribution >= 4 is 12.0 Å². The summed E-state index contributed by atoms with van der Waals surface area (Å²) in [6.07, 6.45) is 5.53. The number of aromatic nitrogens is 1. The predicted molar refractivity (Wildman–Crippen MR) is 60.2 cm³/mol. The van der Waals surface area contributed by atoms with Gasteiger partial charge in [0.05, 0.1) is 0 Å². The molecule has 1 aromatic heterocycles. The maximum atomic E-state index is 11.7. The zero-order chi connectivity index (χ0) is 11.5. The average Bonchev–Trinajstić information content (AvgIpc) is 2.98. The van der Waals surface area contributed by atoms with E-state index >= 15 is 0 Å².